The van der Waals surface area contributed by atoms with Crippen LogP contribution >= 0.6 is 0 Å². The molecule has 0 bridgehead atoms. The highest BCUT2D eigenvalue weighted by Crippen LogP contribution is 2.15. The first kappa shape index (κ1) is 16.9. The molecule has 0 unspecified atom stereocenters. The molecule has 0 aliphatic heterocycles. The van der Waals surface area contributed by atoms with Crippen molar-refractivity contribution >= 4 is 11.8 Å². The van der Waals surface area contributed by atoms with Crippen molar-refractivity contribution in [2.24, 2.45) is 5.92 Å². The lowest BCUT2D eigenvalue weighted by molar-refractivity contribution is -0.143. The lowest BCUT2D eigenvalue weighted by Gasteiger charge is -2.09. The van der Waals surface area contributed by atoms with Crippen LogP contribution in [0.2, 0.25) is 0 Å². The lowest BCUT2D eigenvalue weighted by atomic mass is 9.97. The van der Waals surface area contributed by atoms with Gasteiger partial charge in [0.05, 0.1) is 7.11 Å². The van der Waals surface area contributed by atoms with E-state index in [-0.39, 0.29) is 12.2 Å². The van der Waals surface area contributed by atoms with Crippen molar-refractivity contribution in [2.75, 3.05) is 7.11 Å². The SMILES string of the molecule is COC(=O)CC(=O)CCC[C@@H](C)CCC=C(C)C. The molecule has 0 aromatic rings. The van der Waals surface area contributed by atoms with E-state index in [2.05, 4.69) is 31.6 Å². The molecule has 3 heteroatoms. The Hall–Kier alpha value is -1.12. The zero-order chi connectivity index (χ0) is 14.0. The van der Waals surface area contributed by atoms with Crippen molar-refractivity contribution < 1.29 is 14.3 Å². The quantitative estimate of drug-likeness (QED) is 0.358. The van der Waals surface area contributed by atoms with Crippen molar-refractivity contribution in [3.63, 3.8) is 0 Å². The van der Waals surface area contributed by atoms with E-state index < -0.39 is 5.97 Å². The summed E-state index contributed by atoms with van der Waals surface area (Å²) in [5.41, 5.74) is 1.36. The van der Waals surface area contributed by atoms with Gasteiger partial charge in [-0.25, -0.2) is 0 Å². The minimum Gasteiger partial charge on any atom is -0.469 e. The molecule has 104 valence electrons. The number of carbonyl (C=O) groups is 2. The summed E-state index contributed by atoms with van der Waals surface area (Å²) >= 11 is 0. The average Bonchev–Trinajstić information content (AvgIpc) is 2.28. The second-order valence-electron chi connectivity index (χ2n) is 5.15. The van der Waals surface area contributed by atoms with Crippen molar-refractivity contribution in [1.82, 2.24) is 0 Å². The number of methoxy groups -OCH3 is 1. The summed E-state index contributed by atoms with van der Waals surface area (Å²) in [5.74, 6) is 0.182. The predicted molar refractivity (Wildman–Crippen MR) is 73.3 cm³/mol. The van der Waals surface area contributed by atoms with E-state index in [0.29, 0.717) is 12.3 Å². The molecule has 0 aliphatic rings. The molecule has 1 atom stereocenters. The highest BCUT2D eigenvalue weighted by Gasteiger charge is 2.10. The fraction of sp³-hybridized carbons (Fsp3) is 0.733. The lowest BCUT2D eigenvalue weighted by Crippen LogP contribution is -2.09. The maximum atomic E-state index is 11.4. The van der Waals surface area contributed by atoms with E-state index in [0.717, 1.165) is 25.7 Å². The molecule has 0 fully saturated rings. The normalized spacial score (nSPS) is 11.8. The molecule has 0 amide bonds. The summed E-state index contributed by atoms with van der Waals surface area (Å²) in [6, 6.07) is 0. The number of esters is 1. The number of hydrogen-bond acceptors (Lipinski definition) is 3. The third-order valence-corrected chi connectivity index (χ3v) is 2.93. The molecule has 3 nitrogen and oxygen atoms in total. The van der Waals surface area contributed by atoms with Crippen LogP contribution in [0, 0.1) is 5.92 Å². The van der Waals surface area contributed by atoms with Gasteiger partial charge < -0.3 is 4.74 Å². The number of carbonyl (C=O) groups excluding carboxylic acids is 2. The van der Waals surface area contributed by atoms with E-state index in [1.54, 1.807) is 0 Å². The molecule has 0 saturated carbocycles. The number of ether oxygens (including phenoxy) is 1. The third-order valence-electron chi connectivity index (χ3n) is 2.93. The smallest absolute Gasteiger partial charge is 0.313 e. The van der Waals surface area contributed by atoms with Crippen LogP contribution < -0.4 is 0 Å². The first-order chi connectivity index (χ1) is 8.45. The molecule has 18 heavy (non-hydrogen) atoms. The number of ketones is 1. The Bertz CT molecular complexity index is 288. The zero-order valence-corrected chi connectivity index (χ0v) is 12.1. The minimum atomic E-state index is -0.434. The van der Waals surface area contributed by atoms with Gasteiger partial charge in [-0.15, -0.1) is 0 Å². The summed E-state index contributed by atoms with van der Waals surface area (Å²) < 4.78 is 4.46. The summed E-state index contributed by atoms with van der Waals surface area (Å²) in [6.45, 7) is 6.43. The largest absolute Gasteiger partial charge is 0.469 e. The summed E-state index contributed by atoms with van der Waals surface area (Å²) in [5, 5.41) is 0. The van der Waals surface area contributed by atoms with Gasteiger partial charge in [0.1, 0.15) is 12.2 Å². The molecule has 0 aliphatic carbocycles. The van der Waals surface area contributed by atoms with E-state index in [4.69, 9.17) is 0 Å². The second-order valence-corrected chi connectivity index (χ2v) is 5.15. The fourth-order valence-electron chi connectivity index (χ4n) is 1.77. The van der Waals surface area contributed by atoms with Crippen molar-refractivity contribution in [2.45, 2.75) is 59.3 Å². The molecule has 0 spiro atoms. The van der Waals surface area contributed by atoms with Gasteiger partial charge in [0.2, 0.25) is 0 Å². The fourth-order valence-corrected chi connectivity index (χ4v) is 1.77. The molecule has 0 radical (unpaired) electrons. The number of hydrogen-bond donors (Lipinski definition) is 0. The topological polar surface area (TPSA) is 43.4 Å². The Balaban J connectivity index is 3.61. The Kier molecular flexibility index (Phi) is 9.25. The molecule has 0 N–H and O–H groups in total. The van der Waals surface area contributed by atoms with Gasteiger partial charge in [-0.1, -0.05) is 25.0 Å². The van der Waals surface area contributed by atoms with Gasteiger partial charge in [-0.3, -0.25) is 9.59 Å². The van der Waals surface area contributed by atoms with E-state index in [9.17, 15) is 9.59 Å². The highest BCUT2D eigenvalue weighted by molar-refractivity contribution is 5.95. The molecule has 0 saturated heterocycles. The van der Waals surface area contributed by atoms with Gasteiger partial charge in [-0.05, 0) is 39.0 Å². The van der Waals surface area contributed by atoms with Crippen molar-refractivity contribution in [3.05, 3.63) is 11.6 Å². The minimum absolute atomic E-state index is 0.0154. The molecule has 0 aromatic heterocycles. The van der Waals surface area contributed by atoms with Crippen LogP contribution in [0.3, 0.4) is 0 Å². The number of allylic oxidation sites excluding steroid dienone is 2. The molecular weight excluding hydrogens is 228 g/mol. The second kappa shape index (κ2) is 9.86. The Morgan fingerprint density at radius 1 is 1.22 bits per heavy atom. The Morgan fingerprint density at radius 2 is 1.89 bits per heavy atom. The van der Waals surface area contributed by atoms with Gasteiger partial charge in [0, 0.05) is 6.42 Å². The van der Waals surface area contributed by atoms with Crippen LogP contribution in [0.25, 0.3) is 0 Å². The highest BCUT2D eigenvalue weighted by atomic mass is 16.5. The first-order valence-electron chi connectivity index (χ1n) is 6.67. The maximum absolute atomic E-state index is 11.4. The zero-order valence-electron chi connectivity index (χ0n) is 12.1. The molecule has 0 aromatic carbocycles. The standard InChI is InChI=1S/C15H26O3/c1-12(2)7-5-8-13(3)9-6-10-14(16)11-15(17)18-4/h7,13H,5-6,8-11H2,1-4H3/t13-/m0/s1. The summed E-state index contributed by atoms with van der Waals surface area (Å²) in [7, 11) is 1.31. The van der Waals surface area contributed by atoms with Crippen molar-refractivity contribution in [3.8, 4) is 0 Å². The van der Waals surface area contributed by atoms with Crippen LogP contribution in [0.15, 0.2) is 11.6 Å². The average molecular weight is 254 g/mol. The van der Waals surface area contributed by atoms with Crippen LogP contribution in [0.5, 0.6) is 0 Å². The monoisotopic (exact) mass is 254 g/mol. The number of rotatable bonds is 9. The first-order valence-corrected chi connectivity index (χ1v) is 6.67. The van der Waals surface area contributed by atoms with Gasteiger partial charge in [0.25, 0.3) is 0 Å². The molecule has 0 rings (SSSR count). The third kappa shape index (κ3) is 10.1. The van der Waals surface area contributed by atoms with Crippen LogP contribution in [0.1, 0.15) is 59.3 Å². The Morgan fingerprint density at radius 3 is 2.44 bits per heavy atom. The Labute approximate surface area is 111 Å². The summed E-state index contributed by atoms with van der Waals surface area (Å²) in [6.07, 6.45) is 6.84. The number of Topliss-reactive ketones (excluding diaryl/α,β-unsaturated/α-hetero) is 1. The van der Waals surface area contributed by atoms with Gasteiger partial charge in [-0.2, -0.15) is 0 Å². The van der Waals surface area contributed by atoms with Gasteiger partial charge in [0.15, 0.2) is 0 Å². The van der Waals surface area contributed by atoms with Crippen LogP contribution in [-0.2, 0) is 14.3 Å². The van der Waals surface area contributed by atoms with Crippen LogP contribution in [0.4, 0.5) is 0 Å². The van der Waals surface area contributed by atoms with Crippen molar-refractivity contribution in [1.29, 1.82) is 0 Å². The predicted octanol–water partition coefficient (Wildman–Crippen LogP) is 3.67. The van der Waals surface area contributed by atoms with Crippen LogP contribution in [-0.4, -0.2) is 18.9 Å². The van der Waals surface area contributed by atoms with E-state index in [1.807, 2.05) is 0 Å². The van der Waals surface area contributed by atoms with E-state index >= 15 is 0 Å². The van der Waals surface area contributed by atoms with Gasteiger partial charge >= 0.3 is 5.97 Å². The molecular formula is C15H26O3. The summed E-state index contributed by atoms with van der Waals surface area (Å²) in [4.78, 5) is 22.3. The maximum Gasteiger partial charge on any atom is 0.313 e. The van der Waals surface area contributed by atoms with E-state index in [1.165, 1.54) is 12.7 Å². The molecule has 0 heterocycles.